The second kappa shape index (κ2) is 6.30. The number of pyridine rings is 1. The molecule has 0 bridgehead atoms. The van der Waals surface area contributed by atoms with Crippen LogP contribution in [0.1, 0.15) is 32.1 Å². The zero-order chi connectivity index (χ0) is 14.7. The fraction of sp³-hybridized carbons (Fsp3) is 0.583. The molecule has 0 saturated carbocycles. The lowest BCUT2D eigenvalue weighted by molar-refractivity contribution is -0.0136. The number of nitrogens with zero attached hydrogens (tertiary/aromatic N) is 1. The molecule has 19 heavy (non-hydrogen) atoms. The Labute approximate surface area is 122 Å². The third kappa shape index (κ3) is 5.99. The van der Waals surface area contributed by atoms with E-state index < -0.39 is 21.8 Å². The molecule has 7 heteroatoms. The molecule has 0 aliphatic heterocycles. The topological polar surface area (TPSA) is 65.5 Å². The highest BCUT2D eigenvalue weighted by Gasteiger charge is 2.28. The molecule has 0 fully saturated rings. The van der Waals surface area contributed by atoms with Gasteiger partial charge in [0.1, 0.15) is 6.10 Å². The van der Waals surface area contributed by atoms with E-state index in [4.69, 9.17) is 8.92 Å². The van der Waals surface area contributed by atoms with Crippen LogP contribution in [0.2, 0.25) is 0 Å². The zero-order valence-electron chi connectivity index (χ0n) is 11.4. The number of hydrogen-bond acceptors (Lipinski definition) is 5. The van der Waals surface area contributed by atoms with E-state index in [1.54, 1.807) is 25.4 Å². The molecule has 0 aliphatic rings. The Kier molecular flexibility index (Phi) is 5.49. The summed E-state index contributed by atoms with van der Waals surface area (Å²) < 4.78 is 34.0. The molecule has 1 heterocycles. The maximum Gasteiger partial charge on any atom is 0.265 e. The predicted molar refractivity (Wildman–Crippen MR) is 76.3 cm³/mol. The zero-order valence-corrected chi connectivity index (χ0v) is 13.8. The summed E-state index contributed by atoms with van der Waals surface area (Å²) in [5.41, 5.74) is 0.0446. The van der Waals surface area contributed by atoms with Gasteiger partial charge in [0.25, 0.3) is 10.1 Å². The minimum Gasteiger partial charge on any atom is -0.379 e. The quantitative estimate of drug-likeness (QED) is 0.737. The summed E-state index contributed by atoms with van der Waals surface area (Å²) in [6.07, 6.45) is 2.34. The van der Waals surface area contributed by atoms with E-state index >= 15 is 0 Å². The van der Waals surface area contributed by atoms with Crippen LogP contribution >= 0.6 is 15.9 Å². The van der Waals surface area contributed by atoms with Crippen LogP contribution in [-0.2, 0) is 19.0 Å². The van der Waals surface area contributed by atoms with Crippen molar-refractivity contribution in [2.45, 2.75) is 32.0 Å². The molecule has 0 radical (unpaired) electrons. The minimum atomic E-state index is -3.57. The van der Waals surface area contributed by atoms with E-state index in [0.29, 0.717) is 12.1 Å². The molecule has 0 saturated heterocycles. The molecule has 0 aliphatic carbocycles. The van der Waals surface area contributed by atoms with E-state index in [9.17, 15) is 8.42 Å². The maximum absolute atomic E-state index is 11.4. The van der Waals surface area contributed by atoms with Crippen LogP contribution in [0.25, 0.3) is 0 Å². The van der Waals surface area contributed by atoms with Crippen LogP contribution < -0.4 is 0 Å². The molecule has 108 valence electrons. The lowest BCUT2D eigenvalue weighted by atomic mass is 9.98. The summed E-state index contributed by atoms with van der Waals surface area (Å²) in [5.74, 6) is 0. The van der Waals surface area contributed by atoms with E-state index in [0.717, 1.165) is 10.7 Å². The Morgan fingerprint density at radius 2 is 2.05 bits per heavy atom. The lowest BCUT2D eigenvalue weighted by Gasteiger charge is -2.27. The van der Waals surface area contributed by atoms with Gasteiger partial charge < -0.3 is 4.74 Å². The van der Waals surface area contributed by atoms with Gasteiger partial charge in [-0.3, -0.25) is 9.17 Å². The van der Waals surface area contributed by atoms with Gasteiger partial charge in [-0.25, -0.2) is 0 Å². The minimum absolute atomic E-state index is 0.380. The Bertz CT molecular complexity index is 513. The third-order valence-electron chi connectivity index (χ3n) is 2.60. The average molecular weight is 352 g/mol. The third-order valence-corrected chi connectivity index (χ3v) is 3.65. The van der Waals surface area contributed by atoms with Crippen molar-refractivity contribution in [1.82, 2.24) is 4.98 Å². The summed E-state index contributed by atoms with van der Waals surface area (Å²) in [6.45, 7) is 3.73. The standard InChI is InChI=1S/C12H18BrNO4S/c1-12(2,17-3)7-11(18-19(4,15)16)10-6-5-9(13)8-14-10/h5-6,8,11H,7H2,1-4H3. The first kappa shape index (κ1) is 16.6. The molecule has 0 aromatic carbocycles. The summed E-state index contributed by atoms with van der Waals surface area (Å²) in [6, 6.07) is 3.52. The molecule has 5 nitrogen and oxygen atoms in total. The number of ether oxygens (including phenoxy) is 1. The van der Waals surface area contributed by atoms with E-state index in [1.165, 1.54) is 0 Å². The molecule has 1 aromatic rings. The van der Waals surface area contributed by atoms with Crippen molar-refractivity contribution in [3.05, 3.63) is 28.5 Å². The Hall–Kier alpha value is -0.500. The molecular formula is C12H18BrNO4S. The van der Waals surface area contributed by atoms with Gasteiger partial charge in [-0.2, -0.15) is 8.42 Å². The molecule has 1 aromatic heterocycles. The van der Waals surface area contributed by atoms with Crippen molar-refractivity contribution in [1.29, 1.82) is 0 Å². The number of halogens is 1. The maximum atomic E-state index is 11.4. The van der Waals surface area contributed by atoms with Gasteiger partial charge in [-0.05, 0) is 41.9 Å². The van der Waals surface area contributed by atoms with Crippen molar-refractivity contribution >= 4 is 26.0 Å². The van der Waals surface area contributed by atoms with Crippen LogP contribution in [0.15, 0.2) is 22.8 Å². The summed E-state index contributed by atoms with van der Waals surface area (Å²) in [5, 5.41) is 0. The van der Waals surface area contributed by atoms with Crippen molar-refractivity contribution in [2.75, 3.05) is 13.4 Å². The van der Waals surface area contributed by atoms with Gasteiger partial charge in [0.05, 0.1) is 17.6 Å². The SMILES string of the molecule is COC(C)(C)CC(OS(C)(=O)=O)c1ccc(Br)cn1. The fourth-order valence-electron chi connectivity index (χ4n) is 1.51. The first-order valence-electron chi connectivity index (χ1n) is 5.68. The van der Waals surface area contributed by atoms with Crippen LogP contribution in [0.4, 0.5) is 0 Å². The Morgan fingerprint density at radius 1 is 1.42 bits per heavy atom. The van der Waals surface area contributed by atoms with E-state index in [2.05, 4.69) is 20.9 Å². The molecule has 1 unspecified atom stereocenters. The smallest absolute Gasteiger partial charge is 0.265 e. The van der Waals surface area contributed by atoms with Crippen LogP contribution in [0, 0.1) is 0 Å². The molecule has 1 rings (SSSR count). The fourth-order valence-corrected chi connectivity index (χ4v) is 2.33. The number of hydrogen-bond donors (Lipinski definition) is 0. The van der Waals surface area contributed by atoms with Gasteiger partial charge in [0.2, 0.25) is 0 Å². The first-order chi connectivity index (χ1) is 8.63. The van der Waals surface area contributed by atoms with Crippen LogP contribution in [0.3, 0.4) is 0 Å². The average Bonchev–Trinajstić information content (AvgIpc) is 2.27. The second-order valence-electron chi connectivity index (χ2n) is 4.86. The highest BCUT2D eigenvalue weighted by Crippen LogP contribution is 2.29. The van der Waals surface area contributed by atoms with Crippen molar-refractivity contribution in [2.24, 2.45) is 0 Å². The molecule has 0 amide bonds. The molecule has 0 spiro atoms. The van der Waals surface area contributed by atoms with Gasteiger partial charge >= 0.3 is 0 Å². The molecule has 0 N–H and O–H groups in total. The van der Waals surface area contributed by atoms with Crippen LogP contribution in [0.5, 0.6) is 0 Å². The van der Waals surface area contributed by atoms with Crippen molar-refractivity contribution in [3.8, 4) is 0 Å². The molecule has 1 atom stereocenters. The van der Waals surface area contributed by atoms with Crippen molar-refractivity contribution in [3.63, 3.8) is 0 Å². The largest absolute Gasteiger partial charge is 0.379 e. The summed E-state index contributed by atoms with van der Waals surface area (Å²) in [4.78, 5) is 4.19. The highest BCUT2D eigenvalue weighted by molar-refractivity contribution is 9.10. The normalized spacial score (nSPS) is 14.4. The number of rotatable bonds is 6. The van der Waals surface area contributed by atoms with Gasteiger partial charge in [-0.1, -0.05) is 0 Å². The first-order valence-corrected chi connectivity index (χ1v) is 8.29. The van der Waals surface area contributed by atoms with Crippen molar-refractivity contribution < 1.29 is 17.3 Å². The van der Waals surface area contributed by atoms with E-state index in [1.807, 2.05) is 13.8 Å². The van der Waals surface area contributed by atoms with Gasteiger partial charge in [0.15, 0.2) is 0 Å². The predicted octanol–water partition coefficient (Wildman–Crippen LogP) is 2.68. The number of aromatic nitrogens is 1. The highest BCUT2D eigenvalue weighted by atomic mass is 79.9. The second-order valence-corrected chi connectivity index (χ2v) is 7.37. The Balaban J connectivity index is 3.02. The van der Waals surface area contributed by atoms with Gasteiger partial charge in [0, 0.05) is 24.2 Å². The number of methoxy groups -OCH3 is 1. The lowest BCUT2D eigenvalue weighted by Crippen LogP contribution is -2.27. The Morgan fingerprint density at radius 3 is 2.47 bits per heavy atom. The monoisotopic (exact) mass is 351 g/mol. The van der Waals surface area contributed by atoms with Crippen LogP contribution in [-0.4, -0.2) is 32.4 Å². The molecular weight excluding hydrogens is 334 g/mol. The summed E-state index contributed by atoms with van der Waals surface area (Å²) in [7, 11) is -1.99. The van der Waals surface area contributed by atoms with E-state index in [-0.39, 0.29) is 0 Å². The summed E-state index contributed by atoms with van der Waals surface area (Å²) >= 11 is 3.28. The van der Waals surface area contributed by atoms with Gasteiger partial charge in [-0.15, -0.1) is 0 Å².